The number of aryl methyl sites for hydroxylation is 1. The monoisotopic (exact) mass is 501 g/mol. The van der Waals surface area contributed by atoms with Crippen LogP contribution in [0.15, 0.2) is 97.1 Å². The van der Waals surface area contributed by atoms with Gasteiger partial charge in [-0.05, 0) is 65.3 Å². The second kappa shape index (κ2) is 10.3. The van der Waals surface area contributed by atoms with Crippen molar-refractivity contribution < 1.29 is 4.79 Å². The van der Waals surface area contributed by atoms with E-state index in [0.29, 0.717) is 12.1 Å². The van der Waals surface area contributed by atoms with Gasteiger partial charge in [-0.2, -0.15) is 0 Å². The van der Waals surface area contributed by atoms with Gasteiger partial charge in [0.05, 0.1) is 17.1 Å². The molecule has 0 radical (unpaired) electrons. The molecule has 0 saturated carbocycles. The van der Waals surface area contributed by atoms with E-state index in [9.17, 15) is 4.79 Å². The summed E-state index contributed by atoms with van der Waals surface area (Å²) in [5, 5.41) is 3.18. The average Bonchev–Trinajstić information content (AvgIpc) is 3.23. The van der Waals surface area contributed by atoms with E-state index in [1.807, 2.05) is 38.1 Å². The molecule has 0 fully saturated rings. The number of nitrogens with one attached hydrogen (secondary N) is 1. The molecule has 38 heavy (non-hydrogen) atoms. The number of amides is 1. The van der Waals surface area contributed by atoms with Crippen molar-refractivity contribution >= 4 is 16.9 Å². The lowest BCUT2D eigenvalue weighted by atomic mass is 9.85. The molecular weight excluding hydrogens is 466 g/mol. The summed E-state index contributed by atoms with van der Waals surface area (Å²) >= 11 is 0. The van der Waals surface area contributed by atoms with Crippen LogP contribution in [-0.2, 0) is 12.0 Å². The van der Waals surface area contributed by atoms with Gasteiger partial charge in [-0.15, -0.1) is 0 Å². The fraction of sp³-hybridized carbons (Fsp3) is 0.235. The van der Waals surface area contributed by atoms with Gasteiger partial charge in [0.15, 0.2) is 0 Å². The van der Waals surface area contributed by atoms with Gasteiger partial charge in [0, 0.05) is 12.1 Å². The quantitative estimate of drug-likeness (QED) is 0.257. The summed E-state index contributed by atoms with van der Waals surface area (Å²) in [6.45, 7) is 11.3. The third kappa shape index (κ3) is 5.40. The highest BCUT2D eigenvalue weighted by atomic mass is 16.1. The number of nitrogens with zero attached hydrogens (tertiary/aromatic N) is 2. The lowest BCUT2D eigenvalue weighted by molar-refractivity contribution is 0.0940. The maximum absolute atomic E-state index is 13.3. The molecule has 0 spiro atoms. The molecule has 0 bridgehead atoms. The number of imidazole rings is 1. The Hall–Kier alpha value is -4.18. The van der Waals surface area contributed by atoms with Crippen molar-refractivity contribution in [2.45, 2.75) is 52.6 Å². The predicted octanol–water partition coefficient (Wildman–Crippen LogP) is 7.85. The third-order valence-corrected chi connectivity index (χ3v) is 7.20. The smallest absolute Gasteiger partial charge is 0.251 e. The van der Waals surface area contributed by atoms with Gasteiger partial charge in [-0.1, -0.05) is 99.6 Å². The second-order valence-corrected chi connectivity index (χ2v) is 11.1. The van der Waals surface area contributed by atoms with Crippen molar-refractivity contribution in [1.29, 1.82) is 0 Å². The molecule has 5 aromatic rings. The molecule has 1 amide bonds. The van der Waals surface area contributed by atoms with Crippen LogP contribution in [0.4, 0.5) is 0 Å². The largest absolute Gasteiger partial charge is 0.346 e. The number of rotatable bonds is 6. The number of benzene rings is 4. The molecule has 4 aromatic carbocycles. The Kier molecular flexibility index (Phi) is 6.90. The first-order valence-electron chi connectivity index (χ1n) is 13.2. The van der Waals surface area contributed by atoms with Gasteiger partial charge in [-0.3, -0.25) is 4.79 Å². The molecule has 4 nitrogen and oxygen atoms in total. The fourth-order valence-electron chi connectivity index (χ4n) is 4.84. The van der Waals surface area contributed by atoms with Crippen molar-refractivity contribution in [1.82, 2.24) is 14.9 Å². The summed E-state index contributed by atoms with van der Waals surface area (Å²) in [6.07, 6.45) is 0. The summed E-state index contributed by atoms with van der Waals surface area (Å²) in [4.78, 5) is 18.0. The molecule has 0 unspecified atom stereocenters. The van der Waals surface area contributed by atoms with Gasteiger partial charge in [0.2, 0.25) is 0 Å². The van der Waals surface area contributed by atoms with E-state index in [2.05, 4.69) is 103 Å². The van der Waals surface area contributed by atoms with E-state index < -0.39 is 0 Å². The first kappa shape index (κ1) is 25.5. The van der Waals surface area contributed by atoms with E-state index in [4.69, 9.17) is 4.98 Å². The van der Waals surface area contributed by atoms with E-state index >= 15 is 0 Å². The van der Waals surface area contributed by atoms with E-state index in [0.717, 1.165) is 22.4 Å². The minimum absolute atomic E-state index is 0.0584. The first-order chi connectivity index (χ1) is 18.2. The minimum atomic E-state index is -0.102. The molecule has 0 aliphatic carbocycles. The first-order valence-corrected chi connectivity index (χ1v) is 13.2. The maximum Gasteiger partial charge on any atom is 0.251 e. The standard InChI is InChI=1S/C34H35N3O/c1-23(28-12-9-13-30(20-28)34(3,4)5)35-33(38)29-18-19-31-32(21-29)37(24(2)36-31)22-25-14-16-27(17-15-25)26-10-7-6-8-11-26/h6-21,23H,22H2,1-5H3,(H,35,38)/t23-/m0/s1. The van der Waals surface area contributed by atoms with Crippen LogP contribution in [-0.4, -0.2) is 15.5 Å². The molecule has 192 valence electrons. The molecule has 1 atom stereocenters. The molecule has 0 aliphatic heterocycles. The maximum atomic E-state index is 13.3. The van der Waals surface area contributed by atoms with Crippen LogP contribution >= 0.6 is 0 Å². The molecule has 0 aliphatic rings. The van der Waals surface area contributed by atoms with E-state index in [-0.39, 0.29) is 17.4 Å². The predicted molar refractivity (Wildman–Crippen MR) is 156 cm³/mol. The molecule has 4 heteroatoms. The van der Waals surface area contributed by atoms with Crippen molar-refractivity contribution in [3.05, 3.63) is 125 Å². The Balaban J connectivity index is 1.36. The summed E-state index contributed by atoms with van der Waals surface area (Å²) in [5.41, 5.74) is 8.51. The van der Waals surface area contributed by atoms with Crippen molar-refractivity contribution in [3.8, 4) is 11.1 Å². The van der Waals surface area contributed by atoms with Crippen LogP contribution in [0.25, 0.3) is 22.2 Å². The number of hydrogen-bond donors (Lipinski definition) is 1. The number of aromatic nitrogens is 2. The zero-order chi connectivity index (χ0) is 26.9. The van der Waals surface area contributed by atoms with Crippen LogP contribution in [0.2, 0.25) is 0 Å². The molecular formula is C34H35N3O. The highest BCUT2D eigenvalue weighted by molar-refractivity contribution is 5.97. The lowest BCUT2D eigenvalue weighted by Gasteiger charge is -2.22. The van der Waals surface area contributed by atoms with Crippen molar-refractivity contribution in [3.63, 3.8) is 0 Å². The number of carbonyl (C=O) groups excluding carboxylic acids is 1. The topological polar surface area (TPSA) is 46.9 Å². The van der Waals surface area contributed by atoms with E-state index in [1.54, 1.807) is 0 Å². The van der Waals surface area contributed by atoms with Crippen LogP contribution < -0.4 is 5.32 Å². The van der Waals surface area contributed by atoms with Crippen LogP contribution in [0.5, 0.6) is 0 Å². The molecule has 0 saturated heterocycles. The number of carbonyl (C=O) groups is 1. The molecule has 1 N–H and O–H groups in total. The van der Waals surface area contributed by atoms with Gasteiger partial charge >= 0.3 is 0 Å². The van der Waals surface area contributed by atoms with E-state index in [1.165, 1.54) is 22.3 Å². The highest BCUT2D eigenvalue weighted by Gasteiger charge is 2.18. The highest BCUT2D eigenvalue weighted by Crippen LogP contribution is 2.26. The second-order valence-electron chi connectivity index (χ2n) is 11.1. The van der Waals surface area contributed by atoms with Crippen LogP contribution in [0.1, 0.15) is 66.6 Å². The number of hydrogen-bond acceptors (Lipinski definition) is 2. The van der Waals surface area contributed by atoms with Crippen molar-refractivity contribution in [2.75, 3.05) is 0 Å². The van der Waals surface area contributed by atoms with Gasteiger partial charge < -0.3 is 9.88 Å². The van der Waals surface area contributed by atoms with Crippen molar-refractivity contribution in [2.24, 2.45) is 0 Å². The SMILES string of the molecule is Cc1nc2ccc(C(=O)N[C@@H](C)c3cccc(C(C)(C)C)c3)cc2n1Cc1ccc(-c2ccccc2)cc1. The zero-order valence-electron chi connectivity index (χ0n) is 22.8. The molecule has 1 heterocycles. The Morgan fingerprint density at radius 3 is 2.29 bits per heavy atom. The Morgan fingerprint density at radius 1 is 0.868 bits per heavy atom. The van der Waals surface area contributed by atoms with Gasteiger partial charge in [0.25, 0.3) is 5.91 Å². The summed E-state index contributed by atoms with van der Waals surface area (Å²) in [7, 11) is 0. The summed E-state index contributed by atoms with van der Waals surface area (Å²) in [6, 6.07) is 33.2. The lowest BCUT2D eigenvalue weighted by Crippen LogP contribution is -2.27. The van der Waals surface area contributed by atoms with Gasteiger partial charge in [0.1, 0.15) is 5.82 Å². The third-order valence-electron chi connectivity index (χ3n) is 7.20. The minimum Gasteiger partial charge on any atom is -0.346 e. The molecule has 1 aromatic heterocycles. The Labute approximate surface area is 225 Å². The molecule has 5 rings (SSSR count). The zero-order valence-corrected chi connectivity index (χ0v) is 22.8. The normalized spacial score (nSPS) is 12.4. The summed E-state index contributed by atoms with van der Waals surface area (Å²) in [5.74, 6) is 0.843. The average molecular weight is 502 g/mol. The van der Waals surface area contributed by atoms with Crippen LogP contribution in [0.3, 0.4) is 0 Å². The number of fused-ring (bicyclic) bond motifs is 1. The Bertz CT molecular complexity index is 1570. The summed E-state index contributed by atoms with van der Waals surface area (Å²) < 4.78 is 2.18. The fourth-order valence-corrected chi connectivity index (χ4v) is 4.84. The Morgan fingerprint density at radius 2 is 1.58 bits per heavy atom. The van der Waals surface area contributed by atoms with Gasteiger partial charge in [-0.25, -0.2) is 4.98 Å². The van der Waals surface area contributed by atoms with Crippen LogP contribution in [0, 0.1) is 6.92 Å².